The number of fused-ring (bicyclic) bond motifs is 8. The SMILES string of the molecule is c1ccc2c(c1)c1ccc3c4sccc4nc4c5ccccc5n2c1c34. The number of aromatic nitrogens is 2. The second kappa shape index (κ2) is 4.32. The van der Waals surface area contributed by atoms with Gasteiger partial charge in [-0.25, -0.2) is 4.98 Å². The van der Waals surface area contributed by atoms with Crippen molar-refractivity contribution in [2.45, 2.75) is 0 Å². The van der Waals surface area contributed by atoms with Gasteiger partial charge in [0.1, 0.15) is 0 Å². The van der Waals surface area contributed by atoms with Crippen molar-refractivity contribution in [1.82, 2.24) is 9.38 Å². The molecule has 0 amide bonds. The number of rotatable bonds is 0. The van der Waals surface area contributed by atoms with Crippen LogP contribution >= 0.6 is 11.3 Å². The number of benzene rings is 3. The molecule has 0 bridgehead atoms. The number of hydrogen-bond donors (Lipinski definition) is 0. The van der Waals surface area contributed by atoms with E-state index < -0.39 is 0 Å². The van der Waals surface area contributed by atoms with Crippen LogP contribution in [0.4, 0.5) is 0 Å². The van der Waals surface area contributed by atoms with Crippen molar-refractivity contribution in [3.8, 4) is 0 Å². The fourth-order valence-electron chi connectivity index (χ4n) is 4.57. The molecule has 2 nitrogen and oxygen atoms in total. The van der Waals surface area contributed by atoms with E-state index in [0.29, 0.717) is 0 Å². The van der Waals surface area contributed by atoms with E-state index >= 15 is 0 Å². The quantitative estimate of drug-likeness (QED) is 0.223. The van der Waals surface area contributed by atoms with E-state index in [-0.39, 0.29) is 0 Å². The fourth-order valence-corrected chi connectivity index (χ4v) is 5.43. The third-order valence-electron chi connectivity index (χ3n) is 5.59. The Morgan fingerprint density at radius 2 is 1.42 bits per heavy atom. The minimum atomic E-state index is 1.09. The molecule has 120 valence electrons. The van der Waals surface area contributed by atoms with E-state index in [9.17, 15) is 0 Å². The first-order valence-electron chi connectivity index (χ1n) is 8.75. The summed E-state index contributed by atoms with van der Waals surface area (Å²) in [6.45, 7) is 0. The Balaban J connectivity index is 2.01. The molecule has 0 radical (unpaired) electrons. The van der Waals surface area contributed by atoms with Gasteiger partial charge in [0.15, 0.2) is 0 Å². The molecule has 0 spiro atoms. The summed E-state index contributed by atoms with van der Waals surface area (Å²) in [4.78, 5) is 5.09. The number of nitrogens with zero attached hydrogens (tertiary/aromatic N) is 2. The summed E-state index contributed by atoms with van der Waals surface area (Å²) in [6, 6.07) is 24.0. The topological polar surface area (TPSA) is 17.3 Å². The monoisotopic (exact) mass is 348 g/mol. The van der Waals surface area contributed by atoms with Gasteiger partial charge in [0.05, 0.1) is 32.3 Å². The van der Waals surface area contributed by atoms with Crippen LogP contribution in [0.5, 0.6) is 0 Å². The van der Waals surface area contributed by atoms with Gasteiger partial charge < -0.3 is 4.40 Å². The second-order valence-electron chi connectivity index (χ2n) is 6.85. The lowest BCUT2D eigenvalue weighted by Gasteiger charge is -2.12. The molecule has 3 heteroatoms. The summed E-state index contributed by atoms with van der Waals surface area (Å²) in [6.07, 6.45) is 0. The molecule has 0 aliphatic rings. The highest BCUT2D eigenvalue weighted by Crippen LogP contribution is 2.43. The van der Waals surface area contributed by atoms with E-state index in [1.807, 2.05) is 0 Å². The average Bonchev–Trinajstić information content (AvgIpc) is 3.30. The molecule has 0 fully saturated rings. The first-order valence-corrected chi connectivity index (χ1v) is 9.62. The van der Waals surface area contributed by atoms with Crippen LogP contribution < -0.4 is 0 Å². The van der Waals surface area contributed by atoms with Crippen LogP contribution in [0.25, 0.3) is 59.2 Å². The molecule has 0 unspecified atom stereocenters. The molecular formula is C23H12N2S. The summed E-state index contributed by atoms with van der Waals surface area (Å²) < 4.78 is 3.71. The molecule has 0 aliphatic heterocycles. The van der Waals surface area contributed by atoms with Crippen LogP contribution in [-0.4, -0.2) is 9.38 Å². The Labute approximate surface area is 152 Å². The van der Waals surface area contributed by atoms with Crippen molar-refractivity contribution in [1.29, 1.82) is 0 Å². The van der Waals surface area contributed by atoms with E-state index in [1.165, 1.54) is 48.2 Å². The summed E-state index contributed by atoms with van der Waals surface area (Å²) >= 11 is 1.78. The van der Waals surface area contributed by atoms with Gasteiger partial charge >= 0.3 is 0 Å². The van der Waals surface area contributed by atoms with Crippen molar-refractivity contribution in [2.24, 2.45) is 0 Å². The minimum absolute atomic E-state index is 1.09. The van der Waals surface area contributed by atoms with Crippen LogP contribution in [-0.2, 0) is 0 Å². The van der Waals surface area contributed by atoms with Crippen molar-refractivity contribution in [2.75, 3.05) is 0 Å². The maximum Gasteiger partial charge on any atom is 0.0831 e. The van der Waals surface area contributed by atoms with E-state index in [0.717, 1.165) is 11.0 Å². The van der Waals surface area contributed by atoms with Gasteiger partial charge in [-0.2, -0.15) is 0 Å². The highest BCUT2D eigenvalue weighted by Gasteiger charge is 2.20. The zero-order chi connectivity index (χ0) is 16.8. The maximum absolute atomic E-state index is 5.09. The minimum Gasteiger partial charge on any atom is -0.308 e. The molecule has 0 atom stereocenters. The van der Waals surface area contributed by atoms with Crippen molar-refractivity contribution >= 4 is 70.6 Å². The van der Waals surface area contributed by atoms with Gasteiger partial charge in [0.25, 0.3) is 0 Å². The third kappa shape index (κ3) is 1.35. The number of thiophene rings is 1. The largest absolute Gasteiger partial charge is 0.308 e. The Morgan fingerprint density at radius 1 is 0.692 bits per heavy atom. The predicted octanol–water partition coefficient (Wildman–Crippen LogP) is 6.60. The average molecular weight is 348 g/mol. The van der Waals surface area contributed by atoms with Gasteiger partial charge in [-0.1, -0.05) is 48.5 Å². The van der Waals surface area contributed by atoms with Crippen LogP contribution in [0.3, 0.4) is 0 Å². The van der Waals surface area contributed by atoms with Crippen molar-refractivity contribution < 1.29 is 0 Å². The molecule has 7 rings (SSSR count). The summed E-state index contributed by atoms with van der Waals surface area (Å²) in [5.74, 6) is 0. The number of pyridine rings is 2. The first-order chi connectivity index (χ1) is 12.9. The van der Waals surface area contributed by atoms with Crippen LogP contribution in [0.1, 0.15) is 0 Å². The summed E-state index contributed by atoms with van der Waals surface area (Å²) in [7, 11) is 0. The zero-order valence-electron chi connectivity index (χ0n) is 13.7. The van der Waals surface area contributed by atoms with Crippen LogP contribution in [0, 0.1) is 0 Å². The normalized spacial score (nSPS) is 12.6. The maximum atomic E-state index is 5.09. The van der Waals surface area contributed by atoms with E-state index in [4.69, 9.17) is 4.98 Å². The first kappa shape index (κ1) is 13.1. The van der Waals surface area contributed by atoms with Crippen molar-refractivity contribution in [3.63, 3.8) is 0 Å². The molecule has 0 saturated carbocycles. The van der Waals surface area contributed by atoms with Gasteiger partial charge in [-0.15, -0.1) is 11.3 Å². The second-order valence-corrected chi connectivity index (χ2v) is 7.77. The Morgan fingerprint density at radius 3 is 2.31 bits per heavy atom. The molecule has 0 aliphatic carbocycles. The number of hydrogen-bond acceptors (Lipinski definition) is 2. The number of para-hydroxylation sites is 2. The lowest BCUT2D eigenvalue weighted by Crippen LogP contribution is -1.94. The predicted molar refractivity (Wildman–Crippen MR) is 112 cm³/mol. The molecule has 4 heterocycles. The van der Waals surface area contributed by atoms with Gasteiger partial charge in [-0.05, 0) is 23.6 Å². The Hall–Kier alpha value is -3.17. The van der Waals surface area contributed by atoms with Crippen LogP contribution in [0.15, 0.2) is 72.1 Å². The summed E-state index contributed by atoms with van der Waals surface area (Å²) in [5.41, 5.74) is 5.99. The standard InChI is InChI=1S/C23H12N2S/c1-3-7-18-13(5-1)14-9-10-16-20-21(24-17-11-12-26-23(16)17)15-6-2-4-8-19(15)25(18)22(14)20/h1-12H. The molecule has 0 saturated heterocycles. The molecule has 26 heavy (non-hydrogen) atoms. The highest BCUT2D eigenvalue weighted by molar-refractivity contribution is 7.18. The Kier molecular flexibility index (Phi) is 2.17. The lowest BCUT2D eigenvalue weighted by atomic mass is 10.0. The molecule has 4 aromatic heterocycles. The molecular weight excluding hydrogens is 336 g/mol. The molecule has 3 aromatic carbocycles. The highest BCUT2D eigenvalue weighted by atomic mass is 32.1. The third-order valence-corrected chi connectivity index (χ3v) is 6.53. The van der Waals surface area contributed by atoms with Crippen molar-refractivity contribution in [3.05, 3.63) is 72.1 Å². The molecule has 7 aromatic rings. The van der Waals surface area contributed by atoms with Gasteiger partial charge in [-0.3, -0.25) is 0 Å². The van der Waals surface area contributed by atoms with E-state index in [2.05, 4.69) is 76.5 Å². The van der Waals surface area contributed by atoms with Crippen LogP contribution in [0.2, 0.25) is 0 Å². The summed E-state index contributed by atoms with van der Waals surface area (Å²) in [5, 5.41) is 8.56. The van der Waals surface area contributed by atoms with Gasteiger partial charge in [0.2, 0.25) is 0 Å². The fraction of sp³-hybridized carbons (Fsp3) is 0. The van der Waals surface area contributed by atoms with Gasteiger partial charge in [0, 0.05) is 26.9 Å². The lowest BCUT2D eigenvalue weighted by molar-refractivity contribution is 1.34. The zero-order valence-corrected chi connectivity index (χ0v) is 14.5. The Bertz CT molecular complexity index is 1630. The smallest absolute Gasteiger partial charge is 0.0831 e. The molecule has 0 N–H and O–H groups in total. The van der Waals surface area contributed by atoms with E-state index in [1.54, 1.807) is 11.3 Å².